The summed E-state index contributed by atoms with van der Waals surface area (Å²) in [6.45, 7) is 8.92. The molecule has 0 bridgehead atoms. The quantitative estimate of drug-likeness (QED) is 0.503. The number of hydrogen-bond donors (Lipinski definition) is 1. The second kappa shape index (κ2) is 8.24. The first-order valence-electron chi connectivity index (χ1n) is 11.3. The van der Waals surface area contributed by atoms with Crippen LogP contribution in [0, 0.1) is 0 Å². The monoisotopic (exact) mass is 447 g/mol. The number of imidazole rings is 1. The van der Waals surface area contributed by atoms with Gasteiger partial charge in [0, 0.05) is 44.0 Å². The van der Waals surface area contributed by atoms with Crippen LogP contribution < -0.4 is 4.90 Å². The molecule has 1 aromatic carbocycles. The first-order chi connectivity index (χ1) is 15.8. The molecule has 9 heteroatoms. The van der Waals surface area contributed by atoms with Gasteiger partial charge < -0.3 is 19.3 Å². The molecule has 1 aliphatic heterocycles. The van der Waals surface area contributed by atoms with Crippen molar-refractivity contribution in [2.75, 3.05) is 31.2 Å². The van der Waals surface area contributed by atoms with Crippen molar-refractivity contribution in [1.29, 1.82) is 0 Å². The number of ether oxygens (including phenoxy) is 1. The number of hydrogen-bond acceptors (Lipinski definition) is 7. The summed E-state index contributed by atoms with van der Waals surface area (Å²) in [5.74, 6) is 1.99. The summed E-state index contributed by atoms with van der Waals surface area (Å²) in [6.07, 6.45) is 1.93. The van der Waals surface area contributed by atoms with Crippen LogP contribution in [0.25, 0.3) is 33.8 Å². The van der Waals surface area contributed by atoms with Crippen molar-refractivity contribution < 1.29 is 9.84 Å². The lowest BCUT2D eigenvalue weighted by atomic mass is 10.1. The van der Waals surface area contributed by atoms with E-state index in [2.05, 4.69) is 16.1 Å². The molecule has 33 heavy (non-hydrogen) atoms. The fourth-order valence-corrected chi connectivity index (χ4v) is 4.26. The maximum absolute atomic E-state index is 10.8. The molecule has 5 rings (SSSR count). The standard InChI is InChI=1S/C24H29N7O2/c1-5-31-22-19(25-23(31)24(2,3)32)21(30-11-13-33-14-12-30)26-20(27-22)17-8-6-7-16(15-17)18-9-10-29(4)28-18/h6-10,15,32H,5,11-14H2,1-4H3. The van der Waals surface area contributed by atoms with Gasteiger partial charge in [0.1, 0.15) is 11.4 Å². The van der Waals surface area contributed by atoms with Gasteiger partial charge in [-0.05, 0) is 32.9 Å². The predicted molar refractivity (Wildman–Crippen MR) is 127 cm³/mol. The lowest BCUT2D eigenvalue weighted by Crippen LogP contribution is -2.37. The molecule has 4 heterocycles. The van der Waals surface area contributed by atoms with E-state index in [4.69, 9.17) is 19.7 Å². The molecule has 0 amide bonds. The van der Waals surface area contributed by atoms with Crippen molar-refractivity contribution in [2.24, 2.45) is 7.05 Å². The van der Waals surface area contributed by atoms with E-state index >= 15 is 0 Å². The Hall–Kier alpha value is -3.30. The molecule has 0 saturated carbocycles. The van der Waals surface area contributed by atoms with Gasteiger partial charge in [-0.1, -0.05) is 18.2 Å². The Morgan fingerprint density at radius 1 is 1.06 bits per heavy atom. The van der Waals surface area contributed by atoms with Crippen LogP contribution in [0.2, 0.25) is 0 Å². The Balaban J connectivity index is 1.71. The van der Waals surface area contributed by atoms with Crippen LogP contribution in [0.1, 0.15) is 26.6 Å². The molecule has 1 fully saturated rings. The molecule has 0 aliphatic carbocycles. The molecule has 0 atom stereocenters. The maximum Gasteiger partial charge on any atom is 0.166 e. The Morgan fingerprint density at radius 3 is 2.48 bits per heavy atom. The highest BCUT2D eigenvalue weighted by Crippen LogP contribution is 2.32. The molecule has 1 saturated heterocycles. The summed E-state index contributed by atoms with van der Waals surface area (Å²) in [4.78, 5) is 16.9. The Morgan fingerprint density at radius 2 is 1.82 bits per heavy atom. The van der Waals surface area contributed by atoms with Crippen LogP contribution in [-0.4, -0.2) is 60.7 Å². The summed E-state index contributed by atoms with van der Waals surface area (Å²) < 4.78 is 9.33. The highest BCUT2D eigenvalue weighted by Gasteiger charge is 2.29. The number of rotatable bonds is 5. The largest absolute Gasteiger partial charge is 0.383 e. The lowest BCUT2D eigenvalue weighted by Gasteiger charge is -2.28. The van der Waals surface area contributed by atoms with E-state index in [1.54, 1.807) is 18.5 Å². The van der Waals surface area contributed by atoms with Gasteiger partial charge in [-0.15, -0.1) is 0 Å². The highest BCUT2D eigenvalue weighted by atomic mass is 16.5. The molecule has 3 aromatic heterocycles. The molecule has 4 aromatic rings. The molecule has 0 spiro atoms. The second-order valence-corrected chi connectivity index (χ2v) is 8.84. The number of nitrogens with zero attached hydrogens (tertiary/aromatic N) is 7. The number of benzene rings is 1. The Labute approximate surface area is 192 Å². The maximum atomic E-state index is 10.8. The number of aliphatic hydroxyl groups is 1. The van der Waals surface area contributed by atoms with Gasteiger partial charge in [0.25, 0.3) is 0 Å². The summed E-state index contributed by atoms with van der Waals surface area (Å²) in [6, 6.07) is 10.1. The minimum absolute atomic E-state index is 0.586. The van der Waals surface area contributed by atoms with Crippen molar-refractivity contribution in [3.63, 3.8) is 0 Å². The first-order valence-corrected chi connectivity index (χ1v) is 11.3. The fourth-order valence-electron chi connectivity index (χ4n) is 4.26. The SMILES string of the molecule is CCn1c(C(C)(C)O)nc2c(N3CCOCC3)nc(-c3cccc(-c4ccn(C)n4)c3)nc21. The average Bonchev–Trinajstić information content (AvgIpc) is 3.42. The van der Waals surface area contributed by atoms with Crippen molar-refractivity contribution >= 4 is 17.0 Å². The van der Waals surface area contributed by atoms with Gasteiger partial charge >= 0.3 is 0 Å². The van der Waals surface area contributed by atoms with E-state index < -0.39 is 5.60 Å². The Kier molecular flexibility index (Phi) is 5.38. The van der Waals surface area contributed by atoms with E-state index in [1.807, 2.05) is 49.0 Å². The van der Waals surface area contributed by atoms with Crippen LogP contribution in [0.4, 0.5) is 5.82 Å². The van der Waals surface area contributed by atoms with Gasteiger partial charge in [-0.25, -0.2) is 15.0 Å². The molecular weight excluding hydrogens is 418 g/mol. The third kappa shape index (κ3) is 3.98. The molecule has 0 radical (unpaired) electrons. The number of aromatic nitrogens is 6. The van der Waals surface area contributed by atoms with Crippen LogP contribution >= 0.6 is 0 Å². The number of anilines is 1. The van der Waals surface area contributed by atoms with Crippen molar-refractivity contribution in [3.8, 4) is 22.6 Å². The average molecular weight is 448 g/mol. The van der Waals surface area contributed by atoms with Crippen LogP contribution in [0.15, 0.2) is 36.5 Å². The first kappa shape index (κ1) is 21.5. The van der Waals surface area contributed by atoms with E-state index in [0.29, 0.717) is 36.9 Å². The van der Waals surface area contributed by atoms with Crippen molar-refractivity contribution in [2.45, 2.75) is 32.9 Å². The number of morpholine rings is 1. The summed E-state index contributed by atoms with van der Waals surface area (Å²) in [7, 11) is 1.91. The summed E-state index contributed by atoms with van der Waals surface area (Å²) in [5, 5.41) is 15.3. The van der Waals surface area contributed by atoms with E-state index in [1.165, 1.54) is 0 Å². The Bertz CT molecular complexity index is 1300. The predicted octanol–water partition coefficient (Wildman–Crippen LogP) is 2.98. The molecule has 1 N–H and O–H groups in total. The van der Waals surface area contributed by atoms with Crippen LogP contribution in [0.5, 0.6) is 0 Å². The van der Waals surface area contributed by atoms with Crippen molar-refractivity contribution in [1.82, 2.24) is 29.3 Å². The van der Waals surface area contributed by atoms with Gasteiger partial charge in [0.2, 0.25) is 0 Å². The topological polar surface area (TPSA) is 94.1 Å². The van der Waals surface area contributed by atoms with Crippen molar-refractivity contribution in [3.05, 3.63) is 42.4 Å². The van der Waals surface area contributed by atoms with E-state index in [-0.39, 0.29) is 0 Å². The zero-order chi connectivity index (χ0) is 23.2. The molecular formula is C24H29N7O2. The minimum atomic E-state index is -1.10. The zero-order valence-corrected chi connectivity index (χ0v) is 19.5. The number of aryl methyl sites for hydroxylation is 2. The smallest absolute Gasteiger partial charge is 0.166 e. The van der Waals surface area contributed by atoms with Crippen LogP contribution in [-0.2, 0) is 23.9 Å². The van der Waals surface area contributed by atoms with Gasteiger partial charge in [-0.3, -0.25) is 4.68 Å². The zero-order valence-electron chi connectivity index (χ0n) is 19.5. The van der Waals surface area contributed by atoms with E-state index in [9.17, 15) is 5.11 Å². The van der Waals surface area contributed by atoms with Crippen LogP contribution in [0.3, 0.4) is 0 Å². The molecule has 172 valence electrons. The lowest BCUT2D eigenvalue weighted by molar-refractivity contribution is 0.0654. The summed E-state index contributed by atoms with van der Waals surface area (Å²) >= 11 is 0. The van der Waals surface area contributed by atoms with Gasteiger partial charge in [0.05, 0.1) is 18.9 Å². The van der Waals surface area contributed by atoms with E-state index in [0.717, 1.165) is 41.4 Å². The second-order valence-electron chi connectivity index (χ2n) is 8.84. The minimum Gasteiger partial charge on any atom is -0.383 e. The molecule has 9 nitrogen and oxygen atoms in total. The molecule has 1 aliphatic rings. The molecule has 0 unspecified atom stereocenters. The van der Waals surface area contributed by atoms with Gasteiger partial charge in [0.15, 0.2) is 22.8 Å². The summed E-state index contributed by atoms with van der Waals surface area (Å²) in [5.41, 5.74) is 3.15. The number of fused-ring (bicyclic) bond motifs is 1. The fraction of sp³-hybridized carbons (Fsp3) is 0.417. The third-order valence-corrected chi connectivity index (χ3v) is 5.88. The third-order valence-electron chi connectivity index (χ3n) is 5.88. The highest BCUT2D eigenvalue weighted by molar-refractivity contribution is 5.87. The van der Waals surface area contributed by atoms with Gasteiger partial charge in [-0.2, -0.15) is 5.10 Å². The normalized spacial score (nSPS) is 14.9.